The molecule has 0 saturated heterocycles. The normalized spacial score (nSPS) is 11.2. The van der Waals surface area contributed by atoms with Gasteiger partial charge in [0.25, 0.3) is 0 Å². The molecule has 1 aromatic rings. The molecule has 0 aromatic heterocycles. The first-order chi connectivity index (χ1) is 8.93. The van der Waals surface area contributed by atoms with Gasteiger partial charge in [-0.15, -0.1) is 0 Å². The summed E-state index contributed by atoms with van der Waals surface area (Å²) in [6, 6.07) is 3.83. The monoisotopic (exact) mass is 285 g/mol. The molecule has 0 saturated carbocycles. The molecular weight excluding hydrogens is 262 g/mol. The van der Waals surface area contributed by atoms with E-state index in [1.165, 1.54) is 0 Å². The van der Waals surface area contributed by atoms with Crippen LogP contribution in [0, 0.1) is 0 Å². The number of benzene rings is 1. The van der Waals surface area contributed by atoms with Crippen molar-refractivity contribution in [1.29, 1.82) is 0 Å². The topological polar surface area (TPSA) is 30.5 Å². The molecular formula is C15H24ClNO2. The van der Waals surface area contributed by atoms with Crippen molar-refractivity contribution in [2.45, 2.75) is 46.3 Å². The molecule has 0 aliphatic carbocycles. The number of hydrogen-bond donors (Lipinski definition) is 1. The molecule has 3 nitrogen and oxygen atoms in total. The van der Waals surface area contributed by atoms with Crippen molar-refractivity contribution in [1.82, 2.24) is 5.32 Å². The molecule has 0 heterocycles. The number of likely N-dealkylation sites (N-methyl/N-ethyl adjacent to an activating group) is 1. The molecule has 1 N–H and O–H groups in total. The van der Waals surface area contributed by atoms with Crippen LogP contribution in [0.15, 0.2) is 12.1 Å². The minimum atomic E-state index is 0.103. The van der Waals surface area contributed by atoms with Gasteiger partial charge in [0.05, 0.1) is 17.2 Å². The van der Waals surface area contributed by atoms with E-state index in [9.17, 15) is 0 Å². The first-order valence-corrected chi connectivity index (χ1v) is 7.12. The van der Waals surface area contributed by atoms with E-state index in [2.05, 4.69) is 5.32 Å². The Labute approximate surface area is 121 Å². The zero-order valence-electron chi connectivity index (χ0n) is 12.4. The minimum Gasteiger partial charge on any atom is -0.491 e. The molecule has 4 heteroatoms. The van der Waals surface area contributed by atoms with Gasteiger partial charge in [0.1, 0.15) is 11.5 Å². The van der Waals surface area contributed by atoms with Crippen LogP contribution in [0.1, 0.15) is 33.3 Å². The number of hydrogen-bond acceptors (Lipinski definition) is 3. The number of halogens is 1. The number of nitrogens with one attached hydrogen (secondary N) is 1. The molecule has 0 aliphatic heterocycles. The molecule has 19 heavy (non-hydrogen) atoms. The Morgan fingerprint density at radius 1 is 1.05 bits per heavy atom. The fourth-order valence-electron chi connectivity index (χ4n) is 1.74. The molecule has 1 aromatic carbocycles. The van der Waals surface area contributed by atoms with Gasteiger partial charge in [0.2, 0.25) is 0 Å². The molecule has 1 rings (SSSR count). The zero-order valence-corrected chi connectivity index (χ0v) is 13.2. The summed E-state index contributed by atoms with van der Waals surface area (Å²) in [4.78, 5) is 0. The van der Waals surface area contributed by atoms with Crippen LogP contribution in [-0.4, -0.2) is 25.8 Å². The second kappa shape index (κ2) is 7.61. The third-order valence-electron chi connectivity index (χ3n) is 2.48. The van der Waals surface area contributed by atoms with E-state index in [4.69, 9.17) is 21.1 Å². The molecule has 0 radical (unpaired) electrons. The Kier molecular flexibility index (Phi) is 6.46. The van der Waals surface area contributed by atoms with Crippen molar-refractivity contribution in [3.05, 3.63) is 22.7 Å². The highest BCUT2D eigenvalue weighted by molar-refractivity contribution is 6.32. The largest absolute Gasteiger partial charge is 0.491 e. The molecule has 0 fully saturated rings. The van der Waals surface area contributed by atoms with Gasteiger partial charge in [0.15, 0.2) is 0 Å². The van der Waals surface area contributed by atoms with E-state index in [0.717, 1.165) is 30.0 Å². The lowest BCUT2D eigenvalue weighted by Crippen LogP contribution is -2.14. The Morgan fingerprint density at radius 3 is 2.16 bits per heavy atom. The molecule has 0 amide bonds. The van der Waals surface area contributed by atoms with Gasteiger partial charge in [-0.3, -0.25) is 0 Å². The Morgan fingerprint density at radius 2 is 1.63 bits per heavy atom. The van der Waals surface area contributed by atoms with Crippen LogP contribution in [0.4, 0.5) is 0 Å². The maximum Gasteiger partial charge on any atom is 0.138 e. The molecule has 108 valence electrons. The first kappa shape index (κ1) is 16.1. The van der Waals surface area contributed by atoms with Crippen molar-refractivity contribution < 1.29 is 9.47 Å². The predicted molar refractivity (Wildman–Crippen MR) is 80.6 cm³/mol. The summed E-state index contributed by atoms with van der Waals surface area (Å²) in [5.41, 5.74) is 1.11. The lowest BCUT2D eigenvalue weighted by molar-refractivity contribution is 0.233. The molecule has 0 spiro atoms. The standard InChI is InChI=1S/C15H24ClNO2/c1-10(2)18-14-9-13(16)15(19-11(3)4)8-12(14)6-7-17-5/h8-11,17H,6-7H2,1-5H3. The average molecular weight is 286 g/mol. The van der Waals surface area contributed by atoms with Crippen LogP contribution in [0.25, 0.3) is 0 Å². The van der Waals surface area contributed by atoms with Gasteiger partial charge >= 0.3 is 0 Å². The van der Waals surface area contributed by atoms with Crippen LogP contribution in [0.5, 0.6) is 11.5 Å². The highest BCUT2D eigenvalue weighted by Gasteiger charge is 2.13. The van der Waals surface area contributed by atoms with Crippen LogP contribution >= 0.6 is 11.6 Å². The smallest absolute Gasteiger partial charge is 0.138 e. The minimum absolute atomic E-state index is 0.103. The fourth-order valence-corrected chi connectivity index (χ4v) is 1.94. The number of ether oxygens (including phenoxy) is 2. The summed E-state index contributed by atoms with van der Waals surface area (Å²) in [5, 5.41) is 3.74. The summed E-state index contributed by atoms with van der Waals surface area (Å²) in [6.07, 6.45) is 1.11. The van der Waals surface area contributed by atoms with Crippen molar-refractivity contribution in [3.8, 4) is 11.5 Å². The maximum atomic E-state index is 6.24. The lowest BCUT2D eigenvalue weighted by Gasteiger charge is -2.18. The van der Waals surface area contributed by atoms with Gasteiger partial charge in [-0.25, -0.2) is 0 Å². The summed E-state index contributed by atoms with van der Waals surface area (Å²) in [6.45, 7) is 8.88. The van der Waals surface area contributed by atoms with Gasteiger partial charge in [-0.2, -0.15) is 0 Å². The molecule has 0 aliphatic rings. The van der Waals surface area contributed by atoms with Crippen molar-refractivity contribution >= 4 is 11.6 Å². The Bertz CT molecular complexity index is 405. The first-order valence-electron chi connectivity index (χ1n) is 6.74. The predicted octanol–water partition coefficient (Wildman–Crippen LogP) is 3.68. The van der Waals surface area contributed by atoms with E-state index >= 15 is 0 Å². The van der Waals surface area contributed by atoms with E-state index in [-0.39, 0.29) is 12.2 Å². The molecule has 0 bridgehead atoms. The third-order valence-corrected chi connectivity index (χ3v) is 2.78. The average Bonchev–Trinajstić information content (AvgIpc) is 2.29. The van der Waals surface area contributed by atoms with Crippen LogP contribution in [-0.2, 0) is 6.42 Å². The van der Waals surface area contributed by atoms with Crippen LogP contribution in [0.2, 0.25) is 5.02 Å². The molecule has 0 unspecified atom stereocenters. The lowest BCUT2D eigenvalue weighted by atomic mass is 10.1. The van der Waals surface area contributed by atoms with E-state index in [0.29, 0.717) is 5.02 Å². The molecule has 0 atom stereocenters. The maximum absolute atomic E-state index is 6.24. The summed E-state index contributed by atoms with van der Waals surface area (Å²) >= 11 is 6.24. The second-order valence-electron chi connectivity index (χ2n) is 5.08. The second-order valence-corrected chi connectivity index (χ2v) is 5.48. The van der Waals surface area contributed by atoms with Gasteiger partial charge < -0.3 is 14.8 Å². The highest BCUT2D eigenvalue weighted by atomic mass is 35.5. The Hall–Kier alpha value is -0.930. The summed E-state index contributed by atoms with van der Waals surface area (Å²) in [7, 11) is 1.93. The van der Waals surface area contributed by atoms with Crippen molar-refractivity contribution in [2.24, 2.45) is 0 Å². The van der Waals surface area contributed by atoms with Crippen LogP contribution in [0.3, 0.4) is 0 Å². The highest BCUT2D eigenvalue weighted by Crippen LogP contribution is 2.34. The van der Waals surface area contributed by atoms with Gasteiger partial charge in [-0.1, -0.05) is 11.6 Å². The Balaban J connectivity index is 3.04. The van der Waals surface area contributed by atoms with Gasteiger partial charge in [-0.05, 0) is 59.3 Å². The summed E-state index contributed by atoms with van der Waals surface area (Å²) in [5.74, 6) is 1.56. The van der Waals surface area contributed by atoms with E-state index < -0.39 is 0 Å². The van der Waals surface area contributed by atoms with Gasteiger partial charge in [0, 0.05) is 6.07 Å². The third kappa shape index (κ3) is 5.29. The van der Waals surface area contributed by atoms with Crippen molar-refractivity contribution in [3.63, 3.8) is 0 Å². The van der Waals surface area contributed by atoms with E-state index in [1.807, 2.05) is 46.9 Å². The van der Waals surface area contributed by atoms with Crippen LogP contribution < -0.4 is 14.8 Å². The number of rotatable bonds is 7. The zero-order chi connectivity index (χ0) is 14.4. The fraction of sp³-hybridized carbons (Fsp3) is 0.600. The summed E-state index contributed by atoms with van der Waals surface area (Å²) < 4.78 is 11.5. The van der Waals surface area contributed by atoms with Crippen molar-refractivity contribution in [2.75, 3.05) is 13.6 Å². The quantitative estimate of drug-likeness (QED) is 0.829. The SMILES string of the molecule is CNCCc1cc(OC(C)C)c(Cl)cc1OC(C)C. The van der Waals surface area contributed by atoms with E-state index in [1.54, 1.807) is 0 Å².